The van der Waals surface area contributed by atoms with Gasteiger partial charge in [-0.1, -0.05) is 47.5 Å². The SMILES string of the molecule is COCc1ccccc1-c1nc(Cl)c(C)c(Cl)n1. The Labute approximate surface area is 116 Å². The standard InChI is InChI=1S/C13H12Cl2N2O/c1-8-11(14)16-13(17-12(8)15)10-6-4-3-5-9(10)7-18-2/h3-6H,7H2,1-2H3. The summed E-state index contributed by atoms with van der Waals surface area (Å²) in [6.07, 6.45) is 0. The molecule has 94 valence electrons. The molecule has 2 rings (SSSR count). The van der Waals surface area contributed by atoms with Crippen molar-refractivity contribution in [2.75, 3.05) is 7.11 Å². The number of nitrogens with zero attached hydrogens (tertiary/aromatic N) is 2. The van der Waals surface area contributed by atoms with Crippen LogP contribution in [0.15, 0.2) is 24.3 Å². The van der Waals surface area contributed by atoms with E-state index < -0.39 is 0 Å². The Morgan fingerprint density at radius 1 is 1.11 bits per heavy atom. The lowest BCUT2D eigenvalue weighted by molar-refractivity contribution is 0.185. The second-order valence-corrected chi connectivity index (χ2v) is 4.56. The van der Waals surface area contributed by atoms with Gasteiger partial charge in [0, 0.05) is 18.2 Å². The van der Waals surface area contributed by atoms with Crippen molar-refractivity contribution in [1.29, 1.82) is 0 Å². The number of aromatic nitrogens is 2. The van der Waals surface area contributed by atoms with E-state index in [1.165, 1.54) is 0 Å². The minimum Gasteiger partial charge on any atom is -0.380 e. The molecule has 0 N–H and O–H groups in total. The lowest BCUT2D eigenvalue weighted by atomic mass is 10.1. The van der Waals surface area contributed by atoms with Gasteiger partial charge in [-0.05, 0) is 12.5 Å². The molecule has 0 aliphatic carbocycles. The van der Waals surface area contributed by atoms with E-state index in [9.17, 15) is 0 Å². The van der Waals surface area contributed by atoms with Gasteiger partial charge in [-0.3, -0.25) is 0 Å². The van der Waals surface area contributed by atoms with Crippen LogP contribution in [0.25, 0.3) is 11.4 Å². The van der Waals surface area contributed by atoms with Crippen molar-refractivity contribution in [1.82, 2.24) is 9.97 Å². The van der Waals surface area contributed by atoms with Gasteiger partial charge in [-0.15, -0.1) is 0 Å². The Balaban J connectivity index is 2.55. The van der Waals surface area contributed by atoms with E-state index in [0.29, 0.717) is 28.3 Å². The van der Waals surface area contributed by atoms with Crippen molar-refractivity contribution in [2.45, 2.75) is 13.5 Å². The Kier molecular flexibility index (Phi) is 4.17. The van der Waals surface area contributed by atoms with Crippen LogP contribution in [-0.4, -0.2) is 17.1 Å². The molecule has 0 aliphatic rings. The van der Waals surface area contributed by atoms with E-state index >= 15 is 0 Å². The van der Waals surface area contributed by atoms with Gasteiger partial charge in [0.25, 0.3) is 0 Å². The van der Waals surface area contributed by atoms with Gasteiger partial charge in [-0.2, -0.15) is 0 Å². The maximum Gasteiger partial charge on any atom is 0.162 e. The third-order valence-electron chi connectivity index (χ3n) is 2.59. The maximum atomic E-state index is 6.03. The highest BCUT2D eigenvalue weighted by atomic mass is 35.5. The van der Waals surface area contributed by atoms with Crippen LogP contribution in [0, 0.1) is 6.92 Å². The van der Waals surface area contributed by atoms with Crippen LogP contribution >= 0.6 is 23.2 Å². The number of hydrogen-bond donors (Lipinski definition) is 0. The summed E-state index contributed by atoms with van der Waals surface area (Å²) in [6, 6.07) is 7.74. The summed E-state index contributed by atoms with van der Waals surface area (Å²) in [5.41, 5.74) is 2.56. The lowest BCUT2D eigenvalue weighted by Crippen LogP contribution is -1.98. The highest BCUT2D eigenvalue weighted by Gasteiger charge is 2.12. The second-order valence-electron chi connectivity index (χ2n) is 3.84. The normalized spacial score (nSPS) is 10.7. The summed E-state index contributed by atoms with van der Waals surface area (Å²) < 4.78 is 5.15. The molecule has 18 heavy (non-hydrogen) atoms. The van der Waals surface area contributed by atoms with Gasteiger partial charge in [0.2, 0.25) is 0 Å². The quantitative estimate of drug-likeness (QED) is 0.801. The monoisotopic (exact) mass is 282 g/mol. The van der Waals surface area contributed by atoms with Crippen molar-refractivity contribution in [3.05, 3.63) is 45.7 Å². The van der Waals surface area contributed by atoms with Crippen molar-refractivity contribution in [2.24, 2.45) is 0 Å². The van der Waals surface area contributed by atoms with Crippen molar-refractivity contribution in [3.63, 3.8) is 0 Å². The fourth-order valence-corrected chi connectivity index (χ4v) is 1.99. The molecule has 0 spiro atoms. The summed E-state index contributed by atoms with van der Waals surface area (Å²) in [7, 11) is 1.65. The Bertz CT molecular complexity index is 550. The largest absolute Gasteiger partial charge is 0.380 e. The molecule has 2 aromatic rings. The molecular formula is C13H12Cl2N2O. The molecule has 1 aromatic carbocycles. The summed E-state index contributed by atoms with van der Waals surface area (Å²) in [4.78, 5) is 8.52. The Hall–Kier alpha value is -1.16. The fourth-order valence-electron chi connectivity index (χ4n) is 1.60. The molecule has 0 radical (unpaired) electrons. The smallest absolute Gasteiger partial charge is 0.162 e. The fraction of sp³-hybridized carbons (Fsp3) is 0.231. The first-order valence-electron chi connectivity index (χ1n) is 5.40. The molecule has 0 saturated heterocycles. The molecule has 0 bridgehead atoms. The molecule has 0 unspecified atom stereocenters. The number of halogens is 2. The number of rotatable bonds is 3. The maximum absolute atomic E-state index is 6.03. The van der Waals surface area contributed by atoms with E-state index in [4.69, 9.17) is 27.9 Å². The predicted octanol–water partition coefficient (Wildman–Crippen LogP) is 3.91. The van der Waals surface area contributed by atoms with Gasteiger partial charge in [-0.25, -0.2) is 9.97 Å². The molecule has 0 fully saturated rings. The number of ether oxygens (including phenoxy) is 1. The first-order valence-corrected chi connectivity index (χ1v) is 6.16. The van der Waals surface area contributed by atoms with Crippen molar-refractivity contribution >= 4 is 23.2 Å². The van der Waals surface area contributed by atoms with Crippen LogP contribution in [0.4, 0.5) is 0 Å². The van der Waals surface area contributed by atoms with Gasteiger partial charge < -0.3 is 4.74 Å². The number of hydrogen-bond acceptors (Lipinski definition) is 3. The zero-order valence-corrected chi connectivity index (χ0v) is 11.6. The molecule has 3 nitrogen and oxygen atoms in total. The first kappa shape index (κ1) is 13.3. The average molecular weight is 283 g/mol. The number of methoxy groups -OCH3 is 1. The zero-order chi connectivity index (χ0) is 13.1. The molecule has 1 aromatic heterocycles. The predicted molar refractivity (Wildman–Crippen MR) is 72.9 cm³/mol. The minimum absolute atomic E-state index is 0.372. The van der Waals surface area contributed by atoms with Crippen LogP contribution in [-0.2, 0) is 11.3 Å². The van der Waals surface area contributed by atoms with Crippen molar-refractivity contribution < 1.29 is 4.74 Å². The summed E-state index contributed by atoms with van der Waals surface area (Å²) in [5.74, 6) is 0.517. The zero-order valence-electron chi connectivity index (χ0n) is 10.1. The summed E-state index contributed by atoms with van der Waals surface area (Å²) in [5, 5.41) is 0.745. The van der Waals surface area contributed by atoms with Gasteiger partial charge in [0.15, 0.2) is 5.82 Å². The summed E-state index contributed by atoms with van der Waals surface area (Å²) in [6.45, 7) is 2.28. The molecule has 0 amide bonds. The molecule has 1 heterocycles. The Morgan fingerprint density at radius 3 is 2.33 bits per heavy atom. The van der Waals surface area contributed by atoms with E-state index in [0.717, 1.165) is 11.1 Å². The van der Waals surface area contributed by atoms with Gasteiger partial charge in [0.1, 0.15) is 10.3 Å². The van der Waals surface area contributed by atoms with Crippen LogP contribution in [0.1, 0.15) is 11.1 Å². The highest BCUT2D eigenvalue weighted by Crippen LogP contribution is 2.27. The molecular weight excluding hydrogens is 271 g/mol. The highest BCUT2D eigenvalue weighted by molar-refractivity contribution is 6.34. The van der Waals surface area contributed by atoms with E-state index in [2.05, 4.69) is 9.97 Å². The third-order valence-corrected chi connectivity index (χ3v) is 3.32. The van der Waals surface area contributed by atoms with Gasteiger partial charge in [0.05, 0.1) is 6.61 Å². The van der Waals surface area contributed by atoms with E-state index in [1.807, 2.05) is 24.3 Å². The first-order chi connectivity index (χ1) is 8.63. The lowest BCUT2D eigenvalue weighted by Gasteiger charge is -2.09. The summed E-state index contributed by atoms with van der Waals surface area (Å²) >= 11 is 12.1. The third kappa shape index (κ3) is 2.64. The topological polar surface area (TPSA) is 35.0 Å². The van der Waals surface area contributed by atoms with E-state index in [-0.39, 0.29) is 0 Å². The molecule has 5 heteroatoms. The van der Waals surface area contributed by atoms with Crippen LogP contribution < -0.4 is 0 Å². The minimum atomic E-state index is 0.372. The number of benzene rings is 1. The van der Waals surface area contributed by atoms with Crippen LogP contribution in [0.2, 0.25) is 10.3 Å². The van der Waals surface area contributed by atoms with Crippen molar-refractivity contribution in [3.8, 4) is 11.4 Å². The molecule has 0 atom stereocenters. The molecule has 0 saturated carbocycles. The Morgan fingerprint density at radius 2 is 1.72 bits per heavy atom. The average Bonchev–Trinajstić information content (AvgIpc) is 2.36. The van der Waals surface area contributed by atoms with Crippen LogP contribution in [0.5, 0.6) is 0 Å². The van der Waals surface area contributed by atoms with E-state index in [1.54, 1.807) is 14.0 Å². The second kappa shape index (κ2) is 5.65. The van der Waals surface area contributed by atoms with Gasteiger partial charge >= 0.3 is 0 Å². The molecule has 0 aliphatic heterocycles. The van der Waals surface area contributed by atoms with Crippen LogP contribution in [0.3, 0.4) is 0 Å².